The Morgan fingerprint density at radius 1 is 1.26 bits per heavy atom. The Bertz CT molecular complexity index is 1180. The van der Waals surface area contributed by atoms with Gasteiger partial charge in [-0.2, -0.15) is 15.0 Å². The third-order valence-electron chi connectivity index (χ3n) is 6.88. The maximum Gasteiger partial charge on any atom is 0.308 e. The number of hydrogen-bond acceptors (Lipinski definition) is 8. The van der Waals surface area contributed by atoms with Gasteiger partial charge < -0.3 is 14.6 Å². The lowest BCUT2D eigenvalue weighted by molar-refractivity contribution is -0.149. The summed E-state index contributed by atoms with van der Waals surface area (Å²) in [6.45, 7) is 2.88. The van der Waals surface area contributed by atoms with Crippen molar-refractivity contribution in [3.63, 3.8) is 0 Å². The van der Waals surface area contributed by atoms with Gasteiger partial charge in [-0.3, -0.25) is 4.79 Å². The van der Waals surface area contributed by atoms with Crippen LogP contribution in [0.2, 0.25) is 0 Å². The van der Waals surface area contributed by atoms with Crippen LogP contribution in [0, 0.1) is 18.8 Å². The quantitative estimate of drug-likeness (QED) is 0.515. The van der Waals surface area contributed by atoms with E-state index in [1.807, 2.05) is 32.3 Å². The molecule has 0 aromatic carbocycles. The van der Waals surface area contributed by atoms with Crippen LogP contribution in [0.1, 0.15) is 49.2 Å². The molecular formula is C24H31N7O4. The van der Waals surface area contributed by atoms with Crippen molar-refractivity contribution in [3.8, 4) is 17.1 Å². The number of rotatable bonds is 8. The van der Waals surface area contributed by atoms with Gasteiger partial charge in [-0.15, -0.1) is 5.10 Å². The Hall–Kier alpha value is -3.34. The standard InChI is InChI=1S/C24H31N7O4/c1-15-22(35-19-10-17(24(32)33)13-34-14-19)8-7-20(26-15)23-21(30(2)29-27-23)12-31-25-11-18(28-31)9-16-5-3-4-6-16/h7-8,11,16-17,19H,3-6,9-10,12-14H2,1-2H3,(H,32,33)/t17-,19-/m0/s1. The molecule has 2 atom stereocenters. The first-order valence-electron chi connectivity index (χ1n) is 12.2. The molecule has 186 valence electrons. The predicted octanol–water partition coefficient (Wildman–Crippen LogP) is 2.43. The topological polar surface area (TPSA) is 130 Å². The van der Waals surface area contributed by atoms with Gasteiger partial charge in [0.25, 0.3) is 0 Å². The molecule has 11 heteroatoms. The van der Waals surface area contributed by atoms with Gasteiger partial charge in [-0.25, -0.2) is 9.67 Å². The molecule has 0 radical (unpaired) electrons. The Morgan fingerprint density at radius 3 is 2.86 bits per heavy atom. The number of pyridine rings is 1. The first kappa shape index (κ1) is 23.4. The number of aliphatic carboxylic acids is 1. The zero-order valence-corrected chi connectivity index (χ0v) is 20.1. The molecule has 11 nitrogen and oxygen atoms in total. The Balaban J connectivity index is 1.29. The van der Waals surface area contributed by atoms with Crippen LogP contribution in [0.5, 0.6) is 5.75 Å². The van der Waals surface area contributed by atoms with E-state index < -0.39 is 11.9 Å². The van der Waals surface area contributed by atoms with E-state index >= 15 is 0 Å². The van der Waals surface area contributed by atoms with Crippen molar-refractivity contribution < 1.29 is 19.4 Å². The van der Waals surface area contributed by atoms with Gasteiger partial charge in [0, 0.05) is 13.5 Å². The normalized spacial score (nSPS) is 20.9. The van der Waals surface area contributed by atoms with Gasteiger partial charge in [0.15, 0.2) is 0 Å². The van der Waals surface area contributed by atoms with Gasteiger partial charge in [0.2, 0.25) is 0 Å². The molecule has 5 rings (SSSR count). The van der Waals surface area contributed by atoms with Crippen molar-refractivity contribution in [2.24, 2.45) is 18.9 Å². The van der Waals surface area contributed by atoms with Crippen LogP contribution in [0.4, 0.5) is 0 Å². The molecule has 1 aliphatic carbocycles. The first-order chi connectivity index (χ1) is 17.0. The molecule has 3 aromatic heterocycles. The molecule has 4 heterocycles. The minimum atomic E-state index is -0.865. The van der Waals surface area contributed by atoms with Crippen molar-refractivity contribution in [2.75, 3.05) is 13.2 Å². The molecule has 1 aliphatic heterocycles. The van der Waals surface area contributed by atoms with Crippen molar-refractivity contribution in [2.45, 2.75) is 58.1 Å². The van der Waals surface area contributed by atoms with Gasteiger partial charge in [-0.1, -0.05) is 30.9 Å². The molecule has 0 bridgehead atoms. The summed E-state index contributed by atoms with van der Waals surface area (Å²) in [5, 5.41) is 27.0. The molecule has 0 amide bonds. The van der Waals surface area contributed by atoms with Crippen LogP contribution in [-0.4, -0.2) is 65.4 Å². The third kappa shape index (κ3) is 5.34. The highest BCUT2D eigenvalue weighted by Crippen LogP contribution is 2.28. The van der Waals surface area contributed by atoms with Crippen LogP contribution < -0.4 is 4.74 Å². The highest BCUT2D eigenvalue weighted by Gasteiger charge is 2.29. The molecular weight excluding hydrogens is 450 g/mol. The fraction of sp³-hybridized carbons (Fsp3) is 0.583. The van der Waals surface area contributed by atoms with Crippen LogP contribution in [0.15, 0.2) is 18.3 Å². The van der Waals surface area contributed by atoms with E-state index in [-0.39, 0.29) is 12.7 Å². The van der Waals surface area contributed by atoms with Crippen LogP contribution in [0.3, 0.4) is 0 Å². The van der Waals surface area contributed by atoms with Gasteiger partial charge in [-0.05, 0) is 31.4 Å². The van der Waals surface area contributed by atoms with Crippen LogP contribution >= 0.6 is 0 Å². The SMILES string of the molecule is Cc1nc(-c2nnn(C)c2Cn2ncc(CC3CCCC3)n2)ccc1O[C@@H]1COC[C@@H](C(=O)O)C1. The number of aromatic nitrogens is 7. The Labute approximate surface area is 203 Å². The summed E-state index contributed by atoms with van der Waals surface area (Å²) in [7, 11) is 1.85. The first-order valence-corrected chi connectivity index (χ1v) is 12.2. The maximum atomic E-state index is 11.3. The zero-order chi connectivity index (χ0) is 24.4. The fourth-order valence-corrected chi connectivity index (χ4v) is 4.93. The second kappa shape index (κ2) is 10.1. The summed E-state index contributed by atoms with van der Waals surface area (Å²) in [5.41, 5.74) is 3.93. The molecule has 2 aliphatic rings. The zero-order valence-electron chi connectivity index (χ0n) is 20.1. The van der Waals surface area contributed by atoms with Crippen molar-refractivity contribution in [3.05, 3.63) is 35.4 Å². The Kier molecular flexibility index (Phi) is 6.76. The fourth-order valence-electron chi connectivity index (χ4n) is 4.93. The largest absolute Gasteiger partial charge is 0.486 e. The van der Waals surface area contributed by atoms with Crippen molar-refractivity contribution in [1.29, 1.82) is 0 Å². The molecule has 3 aromatic rings. The molecule has 0 spiro atoms. The van der Waals surface area contributed by atoms with Crippen LogP contribution in [-0.2, 0) is 29.5 Å². The second-order valence-corrected chi connectivity index (χ2v) is 9.56. The number of aryl methyl sites for hydroxylation is 2. The van der Waals surface area contributed by atoms with E-state index in [2.05, 4.69) is 20.5 Å². The molecule has 1 saturated heterocycles. The van der Waals surface area contributed by atoms with Gasteiger partial charge >= 0.3 is 5.97 Å². The minimum Gasteiger partial charge on any atom is -0.486 e. The summed E-state index contributed by atoms with van der Waals surface area (Å²) in [4.78, 5) is 17.7. The number of carboxylic acid groups (broad SMARTS) is 1. The lowest BCUT2D eigenvalue weighted by Gasteiger charge is -2.27. The van der Waals surface area contributed by atoms with Crippen molar-refractivity contribution in [1.82, 2.24) is 35.0 Å². The number of nitrogens with zero attached hydrogens (tertiary/aromatic N) is 7. The molecule has 2 fully saturated rings. The van der Waals surface area contributed by atoms with Gasteiger partial charge in [0.1, 0.15) is 24.1 Å². The summed E-state index contributed by atoms with van der Waals surface area (Å²) in [6.07, 6.45) is 8.12. The highest BCUT2D eigenvalue weighted by molar-refractivity contribution is 5.70. The van der Waals surface area contributed by atoms with E-state index in [1.165, 1.54) is 25.7 Å². The number of hydrogen-bond donors (Lipinski definition) is 1. The predicted molar refractivity (Wildman–Crippen MR) is 125 cm³/mol. The van der Waals surface area contributed by atoms with Crippen molar-refractivity contribution >= 4 is 5.97 Å². The average Bonchev–Trinajstić information content (AvgIpc) is 3.59. The molecule has 1 saturated carbocycles. The summed E-state index contributed by atoms with van der Waals surface area (Å²) >= 11 is 0. The van der Waals surface area contributed by atoms with E-state index in [0.717, 1.165) is 23.7 Å². The van der Waals surface area contributed by atoms with Crippen LogP contribution in [0.25, 0.3) is 11.4 Å². The smallest absolute Gasteiger partial charge is 0.308 e. The Morgan fingerprint density at radius 2 is 2.09 bits per heavy atom. The van der Waals surface area contributed by atoms with Gasteiger partial charge in [0.05, 0.1) is 48.1 Å². The lowest BCUT2D eigenvalue weighted by Crippen LogP contribution is -2.37. The summed E-state index contributed by atoms with van der Waals surface area (Å²) in [6, 6.07) is 3.68. The van der Waals surface area contributed by atoms with E-state index in [0.29, 0.717) is 42.4 Å². The maximum absolute atomic E-state index is 11.3. The highest BCUT2D eigenvalue weighted by atomic mass is 16.5. The molecule has 1 N–H and O–H groups in total. The third-order valence-corrected chi connectivity index (χ3v) is 6.88. The molecule has 35 heavy (non-hydrogen) atoms. The summed E-state index contributed by atoms with van der Waals surface area (Å²) < 4.78 is 13.2. The molecule has 0 unspecified atom stereocenters. The number of ether oxygens (including phenoxy) is 2. The number of carboxylic acids is 1. The van der Waals surface area contributed by atoms with E-state index in [9.17, 15) is 9.90 Å². The lowest BCUT2D eigenvalue weighted by atomic mass is 10.0. The number of carbonyl (C=O) groups is 1. The monoisotopic (exact) mass is 481 g/mol. The van der Waals surface area contributed by atoms with E-state index in [4.69, 9.17) is 14.5 Å². The second-order valence-electron chi connectivity index (χ2n) is 9.56. The van der Waals surface area contributed by atoms with E-state index in [1.54, 1.807) is 9.48 Å². The minimum absolute atomic E-state index is 0.216. The summed E-state index contributed by atoms with van der Waals surface area (Å²) in [5.74, 6) is -0.102. The average molecular weight is 482 g/mol.